The van der Waals surface area contributed by atoms with E-state index in [2.05, 4.69) is 20.9 Å². The molecule has 19 heavy (non-hydrogen) atoms. The molecule has 0 aromatic carbocycles. The van der Waals surface area contributed by atoms with E-state index in [9.17, 15) is 4.79 Å². The van der Waals surface area contributed by atoms with Crippen LogP contribution < -0.4 is 16.0 Å². The summed E-state index contributed by atoms with van der Waals surface area (Å²) in [6.45, 7) is 3.30. The van der Waals surface area contributed by atoms with Gasteiger partial charge >= 0.3 is 0 Å². The number of carbonyl (C=O) groups excluding carboxylic acids is 1. The summed E-state index contributed by atoms with van der Waals surface area (Å²) in [6.07, 6.45) is 3.94. The quantitative estimate of drug-likeness (QED) is 0.520. The van der Waals surface area contributed by atoms with E-state index in [1.807, 2.05) is 13.0 Å². The normalized spacial score (nSPS) is 15.1. The molecule has 2 rings (SSSR count). The van der Waals surface area contributed by atoms with E-state index < -0.39 is 0 Å². The fraction of sp³-hybridized carbons (Fsp3) is 0.538. The summed E-state index contributed by atoms with van der Waals surface area (Å²) in [6, 6.07) is 4.13. The standard InChI is InChI=1S/C13H20N4O2/c1-2-14-13(17-10-5-6-10)16-9-12(18)15-8-11-4-3-7-19-11/h3-4,7,10H,2,5-6,8-9H2,1H3,(H,15,18)(H2,14,16,17). The lowest BCUT2D eigenvalue weighted by atomic mass is 10.4. The Balaban J connectivity index is 1.72. The van der Waals surface area contributed by atoms with E-state index in [1.54, 1.807) is 12.3 Å². The van der Waals surface area contributed by atoms with Crippen molar-refractivity contribution in [3.63, 3.8) is 0 Å². The fourth-order valence-electron chi connectivity index (χ4n) is 1.55. The first kappa shape index (κ1) is 13.5. The van der Waals surface area contributed by atoms with Gasteiger partial charge in [0.05, 0.1) is 12.8 Å². The lowest BCUT2D eigenvalue weighted by Crippen LogP contribution is -2.39. The van der Waals surface area contributed by atoms with Crippen LogP contribution in [0.2, 0.25) is 0 Å². The van der Waals surface area contributed by atoms with Crippen molar-refractivity contribution >= 4 is 11.9 Å². The van der Waals surface area contributed by atoms with Gasteiger partial charge in [-0.15, -0.1) is 0 Å². The van der Waals surface area contributed by atoms with Crippen molar-refractivity contribution in [3.05, 3.63) is 24.2 Å². The summed E-state index contributed by atoms with van der Waals surface area (Å²) >= 11 is 0. The van der Waals surface area contributed by atoms with Crippen molar-refractivity contribution in [2.24, 2.45) is 4.99 Å². The molecular weight excluding hydrogens is 244 g/mol. The molecule has 1 aromatic rings. The van der Waals surface area contributed by atoms with Crippen molar-refractivity contribution in [1.82, 2.24) is 16.0 Å². The van der Waals surface area contributed by atoms with Gasteiger partial charge in [0.25, 0.3) is 0 Å². The SMILES string of the molecule is CCNC(=NCC(=O)NCc1ccco1)NC1CC1. The number of nitrogens with zero attached hydrogens (tertiary/aromatic N) is 1. The Morgan fingerprint density at radius 3 is 2.95 bits per heavy atom. The number of guanidine groups is 1. The molecular formula is C13H20N4O2. The van der Waals surface area contributed by atoms with Crippen LogP contribution in [0.15, 0.2) is 27.8 Å². The van der Waals surface area contributed by atoms with E-state index in [1.165, 1.54) is 12.8 Å². The first-order chi connectivity index (χ1) is 9.28. The lowest BCUT2D eigenvalue weighted by molar-refractivity contribution is -0.119. The third kappa shape index (κ3) is 5.03. The van der Waals surface area contributed by atoms with Gasteiger partial charge in [-0.3, -0.25) is 4.79 Å². The smallest absolute Gasteiger partial charge is 0.242 e. The van der Waals surface area contributed by atoms with Gasteiger partial charge in [-0.2, -0.15) is 0 Å². The predicted octanol–water partition coefficient (Wildman–Crippen LogP) is 0.613. The number of rotatable bonds is 6. The molecule has 0 unspecified atom stereocenters. The predicted molar refractivity (Wildman–Crippen MR) is 72.7 cm³/mol. The Morgan fingerprint density at radius 2 is 2.32 bits per heavy atom. The molecule has 1 aliphatic rings. The summed E-state index contributed by atoms with van der Waals surface area (Å²) in [5.41, 5.74) is 0. The van der Waals surface area contributed by atoms with Crippen LogP contribution in [0.5, 0.6) is 0 Å². The molecule has 1 aliphatic carbocycles. The monoisotopic (exact) mass is 264 g/mol. The van der Waals surface area contributed by atoms with Gasteiger partial charge in [-0.25, -0.2) is 4.99 Å². The van der Waals surface area contributed by atoms with E-state index >= 15 is 0 Å². The van der Waals surface area contributed by atoms with Crippen LogP contribution in [0, 0.1) is 0 Å². The molecule has 0 radical (unpaired) electrons. The van der Waals surface area contributed by atoms with Gasteiger partial charge in [-0.05, 0) is 31.9 Å². The zero-order valence-corrected chi connectivity index (χ0v) is 11.1. The second-order valence-corrected chi connectivity index (χ2v) is 4.47. The van der Waals surface area contributed by atoms with Crippen LogP contribution in [0.4, 0.5) is 0 Å². The molecule has 1 amide bonds. The maximum Gasteiger partial charge on any atom is 0.242 e. The van der Waals surface area contributed by atoms with E-state index in [4.69, 9.17) is 4.42 Å². The zero-order valence-electron chi connectivity index (χ0n) is 11.1. The van der Waals surface area contributed by atoms with Crippen LogP contribution in [0.3, 0.4) is 0 Å². The van der Waals surface area contributed by atoms with Crippen LogP contribution in [-0.2, 0) is 11.3 Å². The van der Waals surface area contributed by atoms with E-state index in [-0.39, 0.29) is 12.5 Å². The molecule has 3 N–H and O–H groups in total. The Bertz CT molecular complexity index is 424. The minimum Gasteiger partial charge on any atom is -0.467 e. The Labute approximate surface area is 112 Å². The highest BCUT2D eigenvalue weighted by molar-refractivity contribution is 5.85. The molecule has 0 bridgehead atoms. The summed E-state index contributed by atoms with van der Waals surface area (Å²) in [5.74, 6) is 1.32. The minimum atomic E-state index is -0.121. The zero-order chi connectivity index (χ0) is 13.5. The molecule has 1 aromatic heterocycles. The number of aliphatic imine (C=N–C) groups is 1. The van der Waals surface area contributed by atoms with Crippen LogP contribution in [-0.4, -0.2) is 31.0 Å². The number of hydrogen-bond acceptors (Lipinski definition) is 3. The first-order valence-electron chi connectivity index (χ1n) is 6.62. The molecule has 1 heterocycles. The molecule has 1 saturated carbocycles. The van der Waals surface area contributed by atoms with Gasteiger partial charge in [0.1, 0.15) is 12.3 Å². The van der Waals surface area contributed by atoms with Crippen LogP contribution in [0.1, 0.15) is 25.5 Å². The van der Waals surface area contributed by atoms with E-state index in [0.29, 0.717) is 18.5 Å². The fourth-order valence-corrected chi connectivity index (χ4v) is 1.55. The summed E-state index contributed by atoms with van der Waals surface area (Å²) in [4.78, 5) is 15.9. The second kappa shape index (κ2) is 6.82. The average molecular weight is 264 g/mol. The topological polar surface area (TPSA) is 78.7 Å². The van der Waals surface area contributed by atoms with E-state index in [0.717, 1.165) is 12.3 Å². The molecule has 6 nitrogen and oxygen atoms in total. The number of hydrogen-bond donors (Lipinski definition) is 3. The highest BCUT2D eigenvalue weighted by Crippen LogP contribution is 2.18. The molecule has 104 valence electrons. The lowest BCUT2D eigenvalue weighted by Gasteiger charge is -2.09. The summed E-state index contributed by atoms with van der Waals surface area (Å²) in [5, 5.41) is 9.13. The van der Waals surface area contributed by atoms with Crippen molar-refractivity contribution in [1.29, 1.82) is 0 Å². The highest BCUT2D eigenvalue weighted by atomic mass is 16.3. The average Bonchev–Trinajstić information content (AvgIpc) is 3.06. The van der Waals surface area contributed by atoms with Crippen molar-refractivity contribution in [3.8, 4) is 0 Å². The van der Waals surface area contributed by atoms with Crippen LogP contribution >= 0.6 is 0 Å². The number of furan rings is 1. The van der Waals surface area contributed by atoms with Gasteiger partial charge in [-0.1, -0.05) is 0 Å². The molecule has 0 atom stereocenters. The maximum atomic E-state index is 11.6. The molecule has 0 aliphatic heterocycles. The van der Waals surface area contributed by atoms with Gasteiger partial charge < -0.3 is 20.4 Å². The largest absolute Gasteiger partial charge is 0.467 e. The summed E-state index contributed by atoms with van der Waals surface area (Å²) < 4.78 is 5.13. The Morgan fingerprint density at radius 1 is 1.47 bits per heavy atom. The van der Waals surface area contributed by atoms with Crippen LogP contribution in [0.25, 0.3) is 0 Å². The third-order valence-corrected chi connectivity index (χ3v) is 2.68. The van der Waals surface area contributed by atoms with Gasteiger partial charge in [0.2, 0.25) is 5.91 Å². The highest BCUT2D eigenvalue weighted by Gasteiger charge is 2.22. The molecule has 6 heteroatoms. The van der Waals surface area contributed by atoms with Gasteiger partial charge in [0.15, 0.2) is 5.96 Å². The van der Waals surface area contributed by atoms with Crippen molar-refractivity contribution in [2.45, 2.75) is 32.4 Å². The minimum absolute atomic E-state index is 0.114. The van der Waals surface area contributed by atoms with Crippen molar-refractivity contribution < 1.29 is 9.21 Å². The molecule has 0 spiro atoms. The maximum absolute atomic E-state index is 11.6. The first-order valence-corrected chi connectivity index (χ1v) is 6.62. The third-order valence-electron chi connectivity index (χ3n) is 2.68. The second-order valence-electron chi connectivity index (χ2n) is 4.47. The number of carbonyl (C=O) groups is 1. The molecule has 1 fully saturated rings. The Kier molecular flexibility index (Phi) is 4.83. The Hall–Kier alpha value is -1.98. The number of nitrogens with one attached hydrogen (secondary N) is 3. The van der Waals surface area contributed by atoms with Gasteiger partial charge in [0, 0.05) is 12.6 Å². The summed E-state index contributed by atoms with van der Waals surface area (Å²) in [7, 11) is 0. The molecule has 0 saturated heterocycles. The number of amides is 1. The van der Waals surface area contributed by atoms with Crippen molar-refractivity contribution in [2.75, 3.05) is 13.1 Å².